The van der Waals surface area contributed by atoms with Crippen molar-refractivity contribution in [1.29, 1.82) is 0 Å². The highest BCUT2D eigenvalue weighted by Gasteiger charge is 2.19. The van der Waals surface area contributed by atoms with Crippen LogP contribution in [0.5, 0.6) is 0 Å². The van der Waals surface area contributed by atoms with E-state index in [1.165, 1.54) is 7.05 Å². The number of terminal acetylenes is 1. The molecule has 5 heteroatoms. The van der Waals surface area contributed by atoms with Crippen molar-refractivity contribution in [3.63, 3.8) is 0 Å². The Morgan fingerprint density at radius 3 is 2.41 bits per heavy atom. The van der Waals surface area contributed by atoms with Crippen molar-refractivity contribution in [3.8, 4) is 12.3 Å². The summed E-state index contributed by atoms with van der Waals surface area (Å²) in [5, 5.41) is 3.00. The summed E-state index contributed by atoms with van der Waals surface area (Å²) >= 11 is 0. The topological polar surface area (TPSA) is 49.4 Å². The summed E-state index contributed by atoms with van der Waals surface area (Å²) in [6.07, 6.45) is 5.10. The van der Waals surface area contributed by atoms with E-state index < -0.39 is 10.0 Å². The number of rotatable bonds is 5. The standard InChI is InChI=1S/C12H16N2O2S/c1-4-9-14(3)17(15,16)12-7-5-11(6-8-12)10-13-2/h1,5-8,13H,9-10H2,2-3H3. The van der Waals surface area contributed by atoms with E-state index in [4.69, 9.17) is 6.42 Å². The quantitative estimate of drug-likeness (QED) is 0.783. The molecule has 0 aliphatic carbocycles. The second kappa shape index (κ2) is 5.82. The summed E-state index contributed by atoms with van der Waals surface area (Å²) in [6.45, 7) is 0.779. The van der Waals surface area contributed by atoms with Crippen LogP contribution in [-0.2, 0) is 16.6 Å². The molecule has 92 valence electrons. The van der Waals surface area contributed by atoms with E-state index in [-0.39, 0.29) is 11.4 Å². The van der Waals surface area contributed by atoms with Gasteiger partial charge in [-0.05, 0) is 24.7 Å². The number of nitrogens with zero attached hydrogens (tertiary/aromatic N) is 1. The van der Waals surface area contributed by atoms with Gasteiger partial charge in [-0.1, -0.05) is 18.1 Å². The molecule has 0 aliphatic heterocycles. The van der Waals surface area contributed by atoms with Gasteiger partial charge in [-0.25, -0.2) is 8.42 Å². The van der Waals surface area contributed by atoms with Gasteiger partial charge in [0.15, 0.2) is 0 Å². The minimum absolute atomic E-state index is 0.0700. The van der Waals surface area contributed by atoms with Gasteiger partial charge in [0.25, 0.3) is 0 Å². The highest BCUT2D eigenvalue weighted by molar-refractivity contribution is 7.89. The normalized spacial score (nSPS) is 11.4. The lowest BCUT2D eigenvalue weighted by molar-refractivity contribution is 0.503. The molecule has 0 saturated heterocycles. The molecule has 17 heavy (non-hydrogen) atoms. The predicted molar refractivity (Wildman–Crippen MR) is 67.9 cm³/mol. The first-order valence-electron chi connectivity index (χ1n) is 5.15. The second-order valence-corrected chi connectivity index (χ2v) is 5.68. The third-order valence-corrected chi connectivity index (χ3v) is 4.14. The number of sulfonamides is 1. The molecule has 0 aromatic heterocycles. The first-order valence-corrected chi connectivity index (χ1v) is 6.59. The zero-order valence-corrected chi connectivity index (χ0v) is 10.8. The Bertz CT molecular complexity index is 500. The molecular weight excluding hydrogens is 236 g/mol. The van der Waals surface area contributed by atoms with Crippen LogP contribution < -0.4 is 5.32 Å². The van der Waals surface area contributed by atoms with Crippen molar-refractivity contribution in [2.75, 3.05) is 20.6 Å². The molecule has 4 nitrogen and oxygen atoms in total. The molecule has 0 unspecified atom stereocenters. The highest BCUT2D eigenvalue weighted by atomic mass is 32.2. The average Bonchev–Trinajstić information content (AvgIpc) is 2.30. The van der Waals surface area contributed by atoms with Gasteiger partial charge < -0.3 is 5.32 Å². The second-order valence-electron chi connectivity index (χ2n) is 3.64. The third-order valence-electron chi connectivity index (χ3n) is 2.33. The van der Waals surface area contributed by atoms with Crippen LogP contribution in [0.4, 0.5) is 0 Å². The Balaban J connectivity index is 2.97. The molecule has 0 fully saturated rings. The number of hydrogen-bond donors (Lipinski definition) is 1. The van der Waals surface area contributed by atoms with Crippen LogP contribution in [0.1, 0.15) is 5.56 Å². The van der Waals surface area contributed by atoms with Crippen LogP contribution >= 0.6 is 0 Å². The Morgan fingerprint density at radius 1 is 1.35 bits per heavy atom. The zero-order chi connectivity index (χ0) is 12.9. The summed E-state index contributed by atoms with van der Waals surface area (Å²) in [4.78, 5) is 0.259. The van der Waals surface area contributed by atoms with Crippen LogP contribution in [0.3, 0.4) is 0 Å². The van der Waals surface area contributed by atoms with Crippen molar-refractivity contribution in [3.05, 3.63) is 29.8 Å². The molecule has 0 aliphatic rings. The molecular formula is C12H16N2O2S. The summed E-state index contributed by atoms with van der Waals surface area (Å²) in [7, 11) is -0.155. The average molecular weight is 252 g/mol. The fourth-order valence-electron chi connectivity index (χ4n) is 1.38. The molecule has 1 aromatic rings. The Hall–Kier alpha value is -1.35. The molecule has 1 aromatic carbocycles. The van der Waals surface area contributed by atoms with Gasteiger partial charge in [0, 0.05) is 13.6 Å². The van der Waals surface area contributed by atoms with Crippen molar-refractivity contribution in [2.24, 2.45) is 0 Å². The summed E-state index contributed by atoms with van der Waals surface area (Å²) in [6, 6.07) is 6.75. The van der Waals surface area contributed by atoms with Crippen LogP contribution in [0.15, 0.2) is 29.2 Å². The van der Waals surface area contributed by atoms with E-state index in [9.17, 15) is 8.42 Å². The number of nitrogens with one attached hydrogen (secondary N) is 1. The monoisotopic (exact) mass is 252 g/mol. The van der Waals surface area contributed by atoms with Crippen molar-refractivity contribution in [2.45, 2.75) is 11.4 Å². The number of benzene rings is 1. The van der Waals surface area contributed by atoms with E-state index >= 15 is 0 Å². The molecule has 0 spiro atoms. The lowest BCUT2D eigenvalue weighted by Crippen LogP contribution is -2.27. The van der Waals surface area contributed by atoms with Crippen LogP contribution in [0.2, 0.25) is 0 Å². The van der Waals surface area contributed by atoms with Crippen molar-refractivity contribution < 1.29 is 8.42 Å². The lowest BCUT2D eigenvalue weighted by atomic mass is 10.2. The van der Waals surface area contributed by atoms with E-state index in [0.29, 0.717) is 6.54 Å². The first kappa shape index (κ1) is 13.7. The maximum atomic E-state index is 12.0. The third kappa shape index (κ3) is 3.30. The van der Waals surface area contributed by atoms with E-state index in [1.54, 1.807) is 24.3 Å². The van der Waals surface area contributed by atoms with Gasteiger partial charge in [0.1, 0.15) is 0 Å². The van der Waals surface area contributed by atoms with Crippen molar-refractivity contribution >= 4 is 10.0 Å². The van der Waals surface area contributed by atoms with Gasteiger partial charge in [-0.2, -0.15) is 4.31 Å². The molecule has 1 rings (SSSR count). The fraction of sp³-hybridized carbons (Fsp3) is 0.333. The van der Waals surface area contributed by atoms with Gasteiger partial charge in [0.05, 0.1) is 11.4 Å². The smallest absolute Gasteiger partial charge is 0.243 e. The summed E-state index contributed by atoms with van der Waals surface area (Å²) in [5.41, 5.74) is 1.03. The summed E-state index contributed by atoms with van der Waals surface area (Å²) < 4.78 is 25.2. The molecule has 0 bridgehead atoms. The Labute approximate surface area is 103 Å². The molecule has 0 amide bonds. The van der Waals surface area contributed by atoms with E-state index in [0.717, 1.165) is 9.87 Å². The van der Waals surface area contributed by atoms with Gasteiger partial charge in [-0.15, -0.1) is 6.42 Å². The SMILES string of the molecule is C#CCN(C)S(=O)(=O)c1ccc(CNC)cc1. The van der Waals surface area contributed by atoms with E-state index in [1.807, 2.05) is 7.05 Å². The highest BCUT2D eigenvalue weighted by Crippen LogP contribution is 2.14. The maximum Gasteiger partial charge on any atom is 0.243 e. The van der Waals surface area contributed by atoms with Crippen LogP contribution in [-0.4, -0.2) is 33.4 Å². The van der Waals surface area contributed by atoms with Crippen LogP contribution in [0.25, 0.3) is 0 Å². The molecule has 0 atom stereocenters. The molecule has 0 heterocycles. The first-order chi connectivity index (χ1) is 8.02. The van der Waals surface area contributed by atoms with E-state index in [2.05, 4.69) is 11.2 Å². The molecule has 1 N–H and O–H groups in total. The Morgan fingerprint density at radius 2 is 1.94 bits per heavy atom. The number of hydrogen-bond acceptors (Lipinski definition) is 3. The maximum absolute atomic E-state index is 12.0. The summed E-state index contributed by atoms with van der Waals surface area (Å²) in [5.74, 6) is 2.31. The molecule has 0 radical (unpaired) electrons. The van der Waals surface area contributed by atoms with Crippen LogP contribution in [0, 0.1) is 12.3 Å². The lowest BCUT2D eigenvalue weighted by Gasteiger charge is -2.14. The predicted octanol–water partition coefficient (Wildman–Crippen LogP) is 0.660. The molecule has 0 saturated carbocycles. The fourth-order valence-corrected chi connectivity index (χ4v) is 2.46. The van der Waals surface area contributed by atoms with Crippen molar-refractivity contribution in [1.82, 2.24) is 9.62 Å². The zero-order valence-electron chi connectivity index (χ0n) is 9.97. The Kier molecular flexibility index (Phi) is 4.70. The minimum atomic E-state index is -3.46. The minimum Gasteiger partial charge on any atom is -0.316 e. The van der Waals surface area contributed by atoms with Gasteiger partial charge in [0.2, 0.25) is 10.0 Å². The largest absolute Gasteiger partial charge is 0.316 e. The van der Waals surface area contributed by atoms with Gasteiger partial charge >= 0.3 is 0 Å². The van der Waals surface area contributed by atoms with Gasteiger partial charge in [-0.3, -0.25) is 0 Å².